The van der Waals surface area contributed by atoms with Crippen LogP contribution in [0.3, 0.4) is 0 Å². The van der Waals surface area contributed by atoms with E-state index in [4.69, 9.17) is 11.6 Å². The lowest BCUT2D eigenvalue weighted by Crippen LogP contribution is -2.56. The Labute approximate surface area is 176 Å². The van der Waals surface area contributed by atoms with Crippen molar-refractivity contribution in [3.05, 3.63) is 34.6 Å². The topological polar surface area (TPSA) is 52.7 Å². The second-order valence-corrected chi connectivity index (χ2v) is 9.42. The summed E-state index contributed by atoms with van der Waals surface area (Å²) in [5.74, 6) is 0.412. The number of hydrogen-bond acceptors (Lipinski definition) is 3. The molecule has 1 spiro atoms. The van der Waals surface area contributed by atoms with Gasteiger partial charge >= 0.3 is 0 Å². The minimum Gasteiger partial charge on any atom is -0.350 e. The van der Waals surface area contributed by atoms with Crippen LogP contribution >= 0.6 is 11.6 Å². The molecule has 1 aromatic carbocycles. The molecule has 0 bridgehead atoms. The van der Waals surface area contributed by atoms with Gasteiger partial charge in [0.2, 0.25) is 5.91 Å². The van der Waals surface area contributed by atoms with Gasteiger partial charge in [0.15, 0.2) is 0 Å². The number of nitrogens with one attached hydrogen (secondary N) is 1. The molecule has 7 heteroatoms. The first-order chi connectivity index (χ1) is 13.8. The molecule has 2 amide bonds. The molecule has 0 aromatic heterocycles. The lowest BCUT2D eigenvalue weighted by molar-refractivity contribution is -0.123. The first-order valence-electron chi connectivity index (χ1n) is 10.6. The van der Waals surface area contributed by atoms with E-state index in [1.165, 1.54) is 12.1 Å². The predicted molar refractivity (Wildman–Crippen MR) is 110 cm³/mol. The Morgan fingerprint density at radius 2 is 2.07 bits per heavy atom. The Bertz CT molecular complexity index is 809. The lowest BCUT2D eigenvalue weighted by atomic mass is 9.75. The smallest absolute Gasteiger partial charge is 0.253 e. The Balaban J connectivity index is 1.42. The number of benzene rings is 1. The summed E-state index contributed by atoms with van der Waals surface area (Å²) in [7, 11) is 0. The molecule has 1 N–H and O–H groups in total. The van der Waals surface area contributed by atoms with Crippen molar-refractivity contribution in [2.24, 2.45) is 17.8 Å². The highest BCUT2D eigenvalue weighted by Crippen LogP contribution is 2.44. The fraction of sp³-hybridized carbons (Fsp3) is 0.636. The minimum atomic E-state index is -0.579. The third kappa shape index (κ3) is 3.77. The van der Waals surface area contributed by atoms with Gasteiger partial charge in [0.1, 0.15) is 5.82 Å². The summed E-state index contributed by atoms with van der Waals surface area (Å²) < 4.78 is 13.7. The van der Waals surface area contributed by atoms with E-state index < -0.39 is 5.82 Å². The molecule has 3 atom stereocenters. The predicted octanol–water partition coefficient (Wildman–Crippen LogP) is 3.18. The normalized spacial score (nSPS) is 27.2. The Morgan fingerprint density at radius 1 is 1.34 bits per heavy atom. The van der Waals surface area contributed by atoms with Gasteiger partial charge in [0, 0.05) is 49.7 Å². The monoisotopic (exact) mass is 421 g/mol. The summed E-state index contributed by atoms with van der Waals surface area (Å²) in [5, 5.41) is 3.31. The zero-order chi connectivity index (χ0) is 20.8. The third-order valence-electron chi connectivity index (χ3n) is 7.19. The molecular weight excluding hydrogens is 393 g/mol. The summed E-state index contributed by atoms with van der Waals surface area (Å²) in [5.41, 5.74) is 0.102. The molecule has 3 aliphatic rings. The maximum absolute atomic E-state index is 13.7. The molecule has 3 heterocycles. The van der Waals surface area contributed by atoms with Crippen molar-refractivity contribution in [2.75, 3.05) is 32.7 Å². The molecule has 1 aromatic rings. The number of piperidine rings is 1. The molecule has 5 nitrogen and oxygen atoms in total. The van der Waals surface area contributed by atoms with Crippen molar-refractivity contribution in [3.63, 3.8) is 0 Å². The van der Waals surface area contributed by atoms with Crippen LogP contribution in [0.5, 0.6) is 0 Å². The molecule has 158 valence electrons. The molecule has 0 saturated carbocycles. The fourth-order valence-electron chi connectivity index (χ4n) is 5.28. The Kier molecular flexibility index (Phi) is 5.60. The highest BCUT2D eigenvalue weighted by molar-refractivity contribution is 6.30. The summed E-state index contributed by atoms with van der Waals surface area (Å²) in [6.07, 6.45) is 2.64. The largest absolute Gasteiger partial charge is 0.350 e. The molecule has 3 fully saturated rings. The zero-order valence-corrected chi connectivity index (χ0v) is 17.8. The van der Waals surface area contributed by atoms with Crippen LogP contribution in [0.25, 0.3) is 0 Å². The van der Waals surface area contributed by atoms with E-state index in [0.717, 1.165) is 38.9 Å². The maximum atomic E-state index is 13.7. The highest BCUT2D eigenvalue weighted by Gasteiger charge is 2.57. The summed E-state index contributed by atoms with van der Waals surface area (Å²) in [4.78, 5) is 29.7. The van der Waals surface area contributed by atoms with Crippen LogP contribution in [-0.4, -0.2) is 59.9 Å². The third-order valence-corrected chi connectivity index (χ3v) is 7.50. The van der Waals surface area contributed by atoms with Gasteiger partial charge in [-0.3, -0.25) is 9.59 Å². The minimum absolute atomic E-state index is 0.0158. The molecule has 0 unspecified atom stereocenters. The van der Waals surface area contributed by atoms with Crippen LogP contribution in [0.1, 0.15) is 43.5 Å². The zero-order valence-electron chi connectivity index (χ0n) is 17.1. The van der Waals surface area contributed by atoms with Gasteiger partial charge in [-0.15, -0.1) is 0 Å². The number of carbonyl (C=O) groups is 2. The molecular formula is C22H29ClFN3O2. The van der Waals surface area contributed by atoms with Crippen molar-refractivity contribution in [1.29, 1.82) is 0 Å². The average molecular weight is 422 g/mol. The number of amides is 2. The molecule has 0 aliphatic carbocycles. The van der Waals surface area contributed by atoms with E-state index in [9.17, 15) is 14.0 Å². The molecule has 29 heavy (non-hydrogen) atoms. The highest BCUT2D eigenvalue weighted by atomic mass is 35.5. The Hall–Kier alpha value is -1.66. The van der Waals surface area contributed by atoms with E-state index in [0.29, 0.717) is 30.5 Å². The second-order valence-electron chi connectivity index (χ2n) is 9.01. The summed E-state index contributed by atoms with van der Waals surface area (Å²) in [6.45, 7) is 8.43. The first kappa shape index (κ1) is 20.6. The van der Waals surface area contributed by atoms with E-state index in [2.05, 4.69) is 24.1 Å². The molecule has 4 rings (SSSR count). The van der Waals surface area contributed by atoms with Gasteiger partial charge in [0.25, 0.3) is 5.91 Å². The van der Waals surface area contributed by atoms with E-state index in [1.54, 1.807) is 11.0 Å². The second kappa shape index (κ2) is 7.88. The van der Waals surface area contributed by atoms with Crippen molar-refractivity contribution in [2.45, 2.75) is 38.6 Å². The first-order valence-corrected chi connectivity index (χ1v) is 11.0. The molecule has 3 aliphatic heterocycles. The van der Waals surface area contributed by atoms with Gasteiger partial charge in [-0.05, 0) is 37.0 Å². The van der Waals surface area contributed by atoms with Gasteiger partial charge in [0.05, 0.1) is 10.9 Å². The van der Waals surface area contributed by atoms with Crippen LogP contribution < -0.4 is 5.32 Å². The number of nitrogens with zero attached hydrogens (tertiary/aromatic N) is 2. The van der Waals surface area contributed by atoms with Gasteiger partial charge in [-0.25, -0.2) is 4.39 Å². The fourth-order valence-corrected chi connectivity index (χ4v) is 5.39. The van der Waals surface area contributed by atoms with Gasteiger partial charge in [-0.1, -0.05) is 31.9 Å². The quantitative estimate of drug-likeness (QED) is 0.812. The SMILES string of the molecule is CC[C@@H](C)CN1C[C@H]2C(=O)NC3(CCN(C(=O)c4ccc(Cl)c(F)c4)CC3)[C@H]2C1. The number of hydrogen-bond donors (Lipinski definition) is 1. The van der Waals surface area contributed by atoms with Crippen molar-refractivity contribution >= 4 is 23.4 Å². The van der Waals surface area contributed by atoms with Crippen molar-refractivity contribution in [1.82, 2.24) is 15.1 Å². The number of halogens is 2. The Morgan fingerprint density at radius 3 is 2.72 bits per heavy atom. The maximum Gasteiger partial charge on any atom is 0.253 e. The number of likely N-dealkylation sites (tertiary alicyclic amines) is 2. The van der Waals surface area contributed by atoms with Crippen LogP contribution in [0.2, 0.25) is 5.02 Å². The molecule has 3 saturated heterocycles. The van der Waals surface area contributed by atoms with Gasteiger partial charge < -0.3 is 15.1 Å². The lowest BCUT2D eigenvalue weighted by Gasteiger charge is -2.43. The number of rotatable bonds is 4. The summed E-state index contributed by atoms with van der Waals surface area (Å²) >= 11 is 5.73. The van der Waals surface area contributed by atoms with Crippen molar-refractivity contribution < 1.29 is 14.0 Å². The van der Waals surface area contributed by atoms with Crippen LogP contribution in [0.4, 0.5) is 4.39 Å². The van der Waals surface area contributed by atoms with E-state index >= 15 is 0 Å². The van der Waals surface area contributed by atoms with E-state index in [-0.39, 0.29) is 28.3 Å². The van der Waals surface area contributed by atoms with Crippen LogP contribution in [0.15, 0.2) is 18.2 Å². The number of fused-ring (bicyclic) bond motifs is 2. The van der Waals surface area contributed by atoms with E-state index in [1.807, 2.05) is 0 Å². The molecule has 0 radical (unpaired) electrons. The van der Waals surface area contributed by atoms with Gasteiger partial charge in [-0.2, -0.15) is 0 Å². The van der Waals surface area contributed by atoms with Crippen LogP contribution in [-0.2, 0) is 4.79 Å². The standard InChI is InChI=1S/C22H29ClFN3O2/c1-3-14(2)11-26-12-16-17(13-26)22(25-20(16)28)6-8-27(9-7-22)21(29)15-4-5-18(23)19(24)10-15/h4-5,10,14,16-17H,3,6-9,11-13H2,1-2H3,(H,25,28)/t14-,16-,17+/m1/s1. The number of carbonyl (C=O) groups excluding carboxylic acids is 2. The summed E-state index contributed by atoms with van der Waals surface area (Å²) in [6, 6.07) is 4.18. The van der Waals surface area contributed by atoms with Crippen LogP contribution in [0, 0.1) is 23.6 Å². The van der Waals surface area contributed by atoms with Crippen molar-refractivity contribution in [3.8, 4) is 0 Å². The average Bonchev–Trinajstić information content (AvgIpc) is 3.23.